The number of ether oxygens (including phenoxy) is 2. The molecule has 212 valence electrons. The summed E-state index contributed by atoms with van der Waals surface area (Å²) in [6.07, 6.45) is 0.570. The standard InChI is InChI=1S/C29H36N6O5/c1-18-15-19(16-23-25(18)32-27(30-23)33(2)3)17-24(26(36)39-4)40-29(38)34-12-10-21(11-13-34)35-14-9-20-7-5-6-8-22(20)31-28(35)37/h5-8,15-16,21,24H,9-14,17H2,1-4H3,(H,30,32)(H,31,37)/t24-/m1/s1. The Hall–Kier alpha value is -4.28. The highest BCUT2D eigenvalue weighted by atomic mass is 16.6. The van der Waals surface area contributed by atoms with E-state index in [-0.39, 0.29) is 18.5 Å². The summed E-state index contributed by atoms with van der Waals surface area (Å²) in [5.41, 5.74) is 5.45. The van der Waals surface area contributed by atoms with E-state index in [4.69, 9.17) is 9.47 Å². The number of nitrogens with zero attached hydrogens (tertiary/aromatic N) is 4. The molecule has 0 aliphatic carbocycles. The predicted octanol–water partition coefficient (Wildman–Crippen LogP) is 3.71. The number of rotatable bonds is 6. The molecule has 2 aliphatic rings. The first-order valence-electron chi connectivity index (χ1n) is 13.6. The molecule has 0 bridgehead atoms. The summed E-state index contributed by atoms with van der Waals surface area (Å²) in [5.74, 6) is 0.122. The molecule has 11 nitrogen and oxygen atoms in total. The number of urea groups is 1. The van der Waals surface area contributed by atoms with Crippen LogP contribution in [0.3, 0.4) is 0 Å². The smallest absolute Gasteiger partial charge is 0.410 e. The summed E-state index contributed by atoms with van der Waals surface area (Å²) >= 11 is 0. The molecule has 11 heteroatoms. The summed E-state index contributed by atoms with van der Waals surface area (Å²) in [6.45, 7) is 3.44. The highest BCUT2D eigenvalue weighted by molar-refractivity contribution is 5.91. The van der Waals surface area contributed by atoms with Crippen molar-refractivity contribution in [2.75, 3.05) is 51.1 Å². The minimum Gasteiger partial charge on any atom is -0.466 e. The first kappa shape index (κ1) is 27.3. The van der Waals surface area contributed by atoms with E-state index in [0.29, 0.717) is 32.5 Å². The van der Waals surface area contributed by atoms with Crippen molar-refractivity contribution in [2.45, 2.75) is 44.8 Å². The van der Waals surface area contributed by atoms with Crippen LogP contribution >= 0.6 is 0 Å². The lowest BCUT2D eigenvalue weighted by Crippen LogP contribution is -2.50. The second-order valence-electron chi connectivity index (χ2n) is 10.6. The monoisotopic (exact) mass is 548 g/mol. The summed E-state index contributed by atoms with van der Waals surface area (Å²) in [5, 5.41) is 3.02. The third kappa shape index (κ3) is 5.68. The summed E-state index contributed by atoms with van der Waals surface area (Å²) in [4.78, 5) is 51.9. The van der Waals surface area contributed by atoms with Crippen molar-refractivity contribution in [1.29, 1.82) is 0 Å². The fourth-order valence-electron chi connectivity index (χ4n) is 5.50. The average Bonchev–Trinajstić information content (AvgIpc) is 3.31. The third-order valence-electron chi connectivity index (χ3n) is 7.68. The second-order valence-corrected chi connectivity index (χ2v) is 10.6. The van der Waals surface area contributed by atoms with E-state index < -0.39 is 18.2 Å². The normalized spacial score (nSPS) is 16.6. The van der Waals surface area contributed by atoms with Crippen molar-refractivity contribution in [3.63, 3.8) is 0 Å². The SMILES string of the molecule is COC(=O)[C@@H](Cc1cc(C)c2nc(N(C)C)[nH]c2c1)OC(=O)N1CCC(N2CCc3ccccc3NC2=O)CC1. The van der Waals surface area contributed by atoms with Gasteiger partial charge in [-0.1, -0.05) is 24.3 Å². The highest BCUT2D eigenvalue weighted by Crippen LogP contribution is 2.26. The number of para-hydroxylation sites is 1. The number of aromatic nitrogens is 2. The van der Waals surface area contributed by atoms with Crippen molar-refractivity contribution in [2.24, 2.45) is 0 Å². The Morgan fingerprint density at radius 1 is 1.15 bits per heavy atom. The van der Waals surface area contributed by atoms with Gasteiger partial charge in [-0.05, 0) is 55.0 Å². The van der Waals surface area contributed by atoms with Crippen LogP contribution in [0.1, 0.15) is 29.5 Å². The molecule has 0 radical (unpaired) electrons. The number of hydrogen-bond acceptors (Lipinski definition) is 7. The van der Waals surface area contributed by atoms with E-state index in [0.717, 1.165) is 45.8 Å². The number of fused-ring (bicyclic) bond motifs is 2. The molecular formula is C29H36N6O5. The Balaban J connectivity index is 1.21. The van der Waals surface area contributed by atoms with Gasteiger partial charge in [0.25, 0.3) is 0 Å². The molecule has 3 aromatic rings. The fourth-order valence-corrected chi connectivity index (χ4v) is 5.50. The molecule has 5 rings (SSSR count). The molecule has 2 aliphatic heterocycles. The number of methoxy groups -OCH3 is 1. The van der Waals surface area contributed by atoms with Gasteiger partial charge in [-0.2, -0.15) is 0 Å². The average molecular weight is 549 g/mol. The number of aryl methyl sites for hydroxylation is 1. The molecule has 2 N–H and O–H groups in total. The lowest BCUT2D eigenvalue weighted by molar-refractivity contribution is -0.151. The van der Waals surface area contributed by atoms with Gasteiger partial charge in [0.05, 0.1) is 18.1 Å². The maximum Gasteiger partial charge on any atom is 0.410 e. The van der Waals surface area contributed by atoms with Crippen LogP contribution in [0.4, 0.5) is 21.2 Å². The van der Waals surface area contributed by atoms with Crippen LogP contribution in [-0.4, -0.2) is 90.8 Å². The second kappa shape index (κ2) is 11.4. The number of amides is 3. The Kier molecular flexibility index (Phi) is 7.81. The van der Waals surface area contributed by atoms with Crippen LogP contribution in [0.2, 0.25) is 0 Å². The number of imidazole rings is 1. The van der Waals surface area contributed by atoms with E-state index >= 15 is 0 Å². The molecule has 1 aromatic heterocycles. The molecular weight excluding hydrogens is 512 g/mol. The minimum absolute atomic E-state index is 0.0194. The number of hydrogen-bond donors (Lipinski definition) is 2. The van der Waals surface area contributed by atoms with Crippen LogP contribution in [0, 0.1) is 6.92 Å². The van der Waals surface area contributed by atoms with Crippen molar-refractivity contribution >= 4 is 40.8 Å². The number of carbonyl (C=O) groups is 3. The topological polar surface area (TPSA) is 120 Å². The molecule has 1 saturated heterocycles. The first-order valence-corrected chi connectivity index (χ1v) is 13.6. The molecule has 1 fully saturated rings. The van der Waals surface area contributed by atoms with Crippen molar-refractivity contribution in [3.8, 4) is 0 Å². The Labute approximate surface area is 233 Å². The Bertz CT molecular complexity index is 1410. The number of carbonyl (C=O) groups excluding carboxylic acids is 3. The molecule has 2 aromatic carbocycles. The number of esters is 1. The Morgan fingerprint density at radius 3 is 2.62 bits per heavy atom. The minimum atomic E-state index is -1.08. The molecule has 40 heavy (non-hydrogen) atoms. The summed E-state index contributed by atoms with van der Waals surface area (Å²) in [6, 6.07) is 11.6. The molecule has 0 spiro atoms. The number of H-pyrrole nitrogens is 1. The molecule has 1 atom stereocenters. The van der Waals surface area contributed by atoms with Crippen molar-refractivity contribution in [1.82, 2.24) is 19.8 Å². The number of aromatic amines is 1. The maximum atomic E-state index is 13.1. The molecule has 3 amide bonds. The van der Waals surface area contributed by atoms with Crippen molar-refractivity contribution in [3.05, 3.63) is 53.1 Å². The molecule has 0 unspecified atom stereocenters. The van der Waals surface area contributed by atoms with E-state index in [1.807, 2.05) is 67.2 Å². The summed E-state index contributed by atoms with van der Waals surface area (Å²) in [7, 11) is 5.10. The zero-order valence-corrected chi connectivity index (χ0v) is 23.4. The van der Waals surface area contributed by atoms with E-state index in [9.17, 15) is 14.4 Å². The van der Waals surface area contributed by atoms with Gasteiger partial charge in [-0.25, -0.2) is 19.4 Å². The maximum absolute atomic E-state index is 13.1. The van der Waals surface area contributed by atoms with Crippen LogP contribution in [0.15, 0.2) is 36.4 Å². The van der Waals surface area contributed by atoms with E-state index in [1.165, 1.54) is 7.11 Å². The number of nitrogens with one attached hydrogen (secondary N) is 2. The zero-order chi connectivity index (χ0) is 28.4. The lowest BCUT2D eigenvalue weighted by atomic mass is 10.0. The van der Waals surface area contributed by atoms with Crippen molar-refractivity contribution < 1.29 is 23.9 Å². The quantitative estimate of drug-likeness (QED) is 0.451. The first-order chi connectivity index (χ1) is 19.2. The van der Waals surface area contributed by atoms with Crippen LogP contribution < -0.4 is 10.2 Å². The molecule has 3 heterocycles. The van der Waals surface area contributed by atoms with Gasteiger partial charge < -0.3 is 34.5 Å². The number of piperidine rings is 1. The predicted molar refractivity (Wildman–Crippen MR) is 152 cm³/mol. The highest BCUT2D eigenvalue weighted by Gasteiger charge is 2.33. The summed E-state index contributed by atoms with van der Waals surface area (Å²) < 4.78 is 10.7. The van der Waals surface area contributed by atoms with Crippen LogP contribution in [0.5, 0.6) is 0 Å². The van der Waals surface area contributed by atoms with Gasteiger partial charge in [0.15, 0.2) is 0 Å². The van der Waals surface area contributed by atoms with Gasteiger partial charge in [-0.15, -0.1) is 0 Å². The van der Waals surface area contributed by atoms with Gasteiger partial charge in [-0.3, -0.25) is 0 Å². The number of likely N-dealkylation sites (tertiary alicyclic amines) is 1. The molecule has 0 saturated carbocycles. The van der Waals surface area contributed by atoms with E-state index in [1.54, 1.807) is 4.90 Å². The fraction of sp³-hybridized carbons (Fsp3) is 0.448. The number of anilines is 2. The van der Waals surface area contributed by atoms with Gasteiger partial charge in [0.2, 0.25) is 12.1 Å². The van der Waals surface area contributed by atoms with Gasteiger partial charge >= 0.3 is 18.1 Å². The third-order valence-corrected chi connectivity index (χ3v) is 7.68. The van der Waals surface area contributed by atoms with Crippen LogP contribution in [-0.2, 0) is 27.1 Å². The lowest BCUT2D eigenvalue weighted by Gasteiger charge is -2.37. The number of benzene rings is 2. The van der Waals surface area contributed by atoms with E-state index in [2.05, 4.69) is 15.3 Å². The van der Waals surface area contributed by atoms with Gasteiger partial charge in [0.1, 0.15) is 0 Å². The van der Waals surface area contributed by atoms with Crippen LogP contribution in [0.25, 0.3) is 11.0 Å². The van der Waals surface area contributed by atoms with Gasteiger partial charge in [0, 0.05) is 51.9 Å². The largest absolute Gasteiger partial charge is 0.466 e. The Morgan fingerprint density at radius 2 is 1.90 bits per heavy atom. The zero-order valence-electron chi connectivity index (χ0n) is 23.4.